The van der Waals surface area contributed by atoms with Crippen LogP contribution in [0.15, 0.2) is 24.3 Å². The molecule has 0 spiro atoms. The Balaban J connectivity index is 2.20. The highest BCUT2D eigenvalue weighted by Gasteiger charge is 2.21. The van der Waals surface area contributed by atoms with Gasteiger partial charge in [-0.2, -0.15) is 0 Å². The molecule has 0 bridgehead atoms. The number of amides is 2. The van der Waals surface area contributed by atoms with Crippen molar-refractivity contribution in [2.45, 2.75) is 25.7 Å². The fourth-order valence-corrected chi connectivity index (χ4v) is 2.54. The molecule has 0 heterocycles. The van der Waals surface area contributed by atoms with E-state index in [-0.39, 0.29) is 0 Å². The summed E-state index contributed by atoms with van der Waals surface area (Å²) in [5, 5.41) is 22.2. The maximum atomic E-state index is 11.4. The lowest BCUT2D eigenvalue weighted by Crippen LogP contribution is -2.33. The van der Waals surface area contributed by atoms with Crippen molar-refractivity contribution in [3.8, 4) is 0 Å². The predicted molar refractivity (Wildman–Crippen MR) is 85.0 cm³/mol. The number of carbonyl (C=O) groups excluding carboxylic acids is 2. The molecule has 0 aromatic rings. The van der Waals surface area contributed by atoms with Crippen LogP contribution in [0.5, 0.6) is 0 Å². The van der Waals surface area contributed by atoms with Gasteiger partial charge in [-0.3, -0.25) is 9.59 Å². The minimum Gasteiger partial charge on any atom is -0.478 e. The molecule has 1 aliphatic carbocycles. The number of aliphatic carboxylic acids is 2. The molecule has 2 amide bonds. The van der Waals surface area contributed by atoms with Crippen molar-refractivity contribution >= 4 is 23.8 Å². The van der Waals surface area contributed by atoms with Crippen LogP contribution in [-0.4, -0.2) is 47.1 Å². The van der Waals surface area contributed by atoms with E-state index in [1.54, 1.807) is 0 Å². The number of carboxylic acid groups (broad SMARTS) is 2. The Kier molecular flexibility index (Phi) is 8.24. The van der Waals surface area contributed by atoms with Gasteiger partial charge in [-0.05, 0) is 37.5 Å². The molecule has 0 aliphatic heterocycles. The van der Waals surface area contributed by atoms with Crippen LogP contribution >= 0.6 is 0 Å². The molecule has 8 nitrogen and oxygen atoms in total. The van der Waals surface area contributed by atoms with Crippen LogP contribution in [0.3, 0.4) is 0 Å². The molecular formula is C16H22N2O6. The second kappa shape index (κ2) is 10.2. The van der Waals surface area contributed by atoms with E-state index in [1.165, 1.54) is 0 Å². The highest BCUT2D eigenvalue weighted by atomic mass is 16.4. The standard InChI is InChI=1S/C16H22N2O6/c19-13(5-7-15(21)22)17-9-11-1-2-12(4-3-11)10-18-14(20)6-8-16(23)24/h5-8,11-12H,1-4,9-10H2,(H,17,19)(H,18,20)(H,21,22)(H,23,24)/b7-5+,8-6+. The molecule has 1 aliphatic rings. The summed E-state index contributed by atoms with van der Waals surface area (Å²) in [5.41, 5.74) is 0. The molecule has 4 N–H and O–H groups in total. The minimum absolute atomic E-state index is 0.339. The van der Waals surface area contributed by atoms with E-state index in [4.69, 9.17) is 10.2 Å². The topological polar surface area (TPSA) is 133 Å². The molecule has 1 fully saturated rings. The smallest absolute Gasteiger partial charge is 0.328 e. The molecule has 0 aromatic heterocycles. The Morgan fingerprint density at radius 3 is 1.33 bits per heavy atom. The third-order valence-corrected chi connectivity index (χ3v) is 3.85. The van der Waals surface area contributed by atoms with Gasteiger partial charge in [0.05, 0.1) is 0 Å². The summed E-state index contributed by atoms with van der Waals surface area (Å²) in [4.78, 5) is 43.4. The molecule has 0 unspecified atom stereocenters. The highest BCUT2D eigenvalue weighted by molar-refractivity contribution is 5.94. The largest absolute Gasteiger partial charge is 0.478 e. The summed E-state index contributed by atoms with van der Waals surface area (Å²) in [6.45, 7) is 1.01. The van der Waals surface area contributed by atoms with Gasteiger partial charge in [0.2, 0.25) is 11.8 Å². The average Bonchev–Trinajstić information content (AvgIpc) is 2.55. The number of hydrogen-bond acceptors (Lipinski definition) is 4. The highest BCUT2D eigenvalue weighted by Crippen LogP contribution is 2.27. The van der Waals surface area contributed by atoms with Gasteiger partial charge >= 0.3 is 11.9 Å². The van der Waals surface area contributed by atoms with Gasteiger partial charge in [0.15, 0.2) is 0 Å². The van der Waals surface area contributed by atoms with E-state index in [1.807, 2.05) is 0 Å². The number of nitrogens with one attached hydrogen (secondary N) is 2. The van der Waals surface area contributed by atoms with Crippen LogP contribution in [-0.2, 0) is 19.2 Å². The first kappa shape index (κ1) is 19.4. The maximum Gasteiger partial charge on any atom is 0.328 e. The lowest BCUT2D eigenvalue weighted by atomic mass is 9.82. The summed E-state index contributed by atoms with van der Waals surface area (Å²) < 4.78 is 0. The number of rotatable bonds is 8. The van der Waals surface area contributed by atoms with Gasteiger partial charge in [0.25, 0.3) is 0 Å². The van der Waals surface area contributed by atoms with Crippen molar-refractivity contribution in [3.05, 3.63) is 24.3 Å². The Hall–Kier alpha value is -2.64. The van der Waals surface area contributed by atoms with Crippen LogP contribution in [0.25, 0.3) is 0 Å². The van der Waals surface area contributed by atoms with Crippen molar-refractivity contribution in [1.29, 1.82) is 0 Å². The van der Waals surface area contributed by atoms with E-state index in [9.17, 15) is 19.2 Å². The zero-order valence-electron chi connectivity index (χ0n) is 13.2. The third-order valence-electron chi connectivity index (χ3n) is 3.85. The zero-order valence-corrected chi connectivity index (χ0v) is 13.2. The minimum atomic E-state index is -1.16. The van der Waals surface area contributed by atoms with Crippen LogP contribution in [0.4, 0.5) is 0 Å². The Labute approximate surface area is 139 Å². The van der Waals surface area contributed by atoms with E-state index < -0.39 is 23.8 Å². The molecule has 1 rings (SSSR count). The van der Waals surface area contributed by atoms with Gasteiger partial charge in [0, 0.05) is 37.4 Å². The van der Waals surface area contributed by atoms with E-state index >= 15 is 0 Å². The predicted octanol–water partition coefficient (Wildman–Crippen LogP) is 0.307. The van der Waals surface area contributed by atoms with Gasteiger partial charge < -0.3 is 20.8 Å². The summed E-state index contributed by atoms with van der Waals surface area (Å²) in [6, 6.07) is 0. The summed E-state index contributed by atoms with van der Waals surface area (Å²) in [7, 11) is 0. The fourth-order valence-electron chi connectivity index (χ4n) is 2.54. The molecular weight excluding hydrogens is 316 g/mol. The van der Waals surface area contributed by atoms with Crippen molar-refractivity contribution in [2.75, 3.05) is 13.1 Å². The van der Waals surface area contributed by atoms with Crippen LogP contribution < -0.4 is 10.6 Å². The quantitative estimate of drug-likeness (QED) is 0.471. The second-order valence-electron chi connectivity index (χ2n) is 5.72. The fraction of sp³-hybridized carbons (Fsp3) is 0.500. The molecule has 132 valence electrons. The number of carboxylic acids is 2. The van der Waals surface area contributed by atoms with Gasteiger partial charge in [-0.15, -0.1) is 0 Å². The van der Waals surface area contributed by atoms with Crippen LogP contribution in [0.2, 0.25) is 0 Å². The molecule has 24 heavy (non-hydrogen) atoms. The van der Waals surface area contributed by atoms with Crippen molar-refractivity contribution < 1.29 is 29.4 Å². The summed E-state index contributed by atoms with van der Waals surface area (Å²) in [6.07, 6.45) is 7.23. The third kappa shape index (κ3) is 8.72. The van der Waals surface area contributed by atoms with Crippen LogP contribution in [0, 0.1) is 11.8 Å². The van der Waals surface area contributed by atoms with E-state index in [2.05, 4.69) is 10.6 Å². The maximum absolute atomic E-state index is 11.4. The number of hydrogen-bond donors (Lipinski definition) is 4. The molecule has 0 saturated heterocycles. The lowest BCUT2D eigenvalue weighted by molar-refractivity contribution is -0.132. The summed E-state index contributed by atoms with van der Waals surface area (Å²) in [5.74, 6) is -2.48. The van der Waals surface area contributed by atoms with Gasteiger partial charge in [-0.25, -0.2) is 9.59 Å². The number of carbonyl (C=O) groups is 4. The molecule has 0 radical (unpaired) electrons. The normalized spacial score (nSPS) is 20.8. The first-order valence-electron chi connectivity index (χ1n) is 7.74. The van der Waals surface area contributed by atoms with Gasteiger partial charge in [-0.1, -0.05) is 0 Å². The van der Waals surface area contributed by atoms with E-state index in [0.29, 0.717) is 24.9 Å². The molecule has 0 atom stereocenters. The first-order valence-corrected chi connectivity index (χ1v) is 7.74. The monoisotopic (exact) mass is 338 g/mol. The first-order chi connectivity index (χ1) is 11.4. The lowest BCUT2D eigenvalue weighted by Gasteiger charge is -2.28. The van der Waals surface area contributed by atoms with Gasteiger partial charge in [0.1, 0.15) is 0 Å². The zero-order chi connectivity index (χ0) is 17.9. The van der Waals surface area contributed by atoms with E-state index in [0.717, 1.165) is 50.0 Å². The Bertz CT molecular complexity index is 485. The Morgan fingerprint density at radius 2 is 1.04 bits per heavy atom. The molecule has 1 saturated carbocycles. The SMILES string of the molecule is O=C(O)/C=C/C(=O)NCC1CCC(CNC(=O)/C=C/C(=O)O)CC1. The van der Waals surface area contributed by atoms with Crippen molar-refractivity contribution in [1.82, 2.24) is 10.6 Å². The molecule has 0 aromatic carbocycles. The molecule has 8 heteroatoms. The average molecular weight is 338 g/mol. The Morgan fingerprint density at radius 1 is 0.708 bits per heavy atom. The van der Waals surface area contributed by atoms with Crippen molar-refractivity contribution in [2.24, 2.45) is 11.8 Å². The van der Waals surface area contributed by atoms with Crippen molar-refractivity contribution in [3.63, 3.8) is 0 Å². The second-order valence-corrected chi connectivity index (χ2v) is 5.72. The van der Waals surface area contributed by atoms with Crippen LogP contribution in [0.1, 0.15) is 25.7 Å². The summed E-state index contributed by atoms with van der Waals surface area (Å²) >= 11 is 0.